The summed E-state index contributed by atoms with van der Waals surface area (Å²) in [6.07, 6.45) is -4.53. The van der Waals surface area contributed by atoms with E-state index in [0.717, 1.165) is 6.92 Å². The lowest BCUT2D eigenvalue weighted by Crippen LogP contribution is -2.41. The Bertz CT molecular complexity index is 366. The molecular weight excluding hydrogens is 260 g/mol. The fourth-order valence-electron chi connectivity index (χ4n) is 1.69. The topological polar surface area (TPSA) is 108 Å². The molecule has 0 amide bonds. The Labute approximate surface area is 109 Å². The minimum atomic E-state index is -1.45. The van der Waals surface area contributed by atoms with Crippen molar-refractivity contribution in [1.82, 2.24) is 0 Å². The molecular formula is C11H16O8. The highest BCUT2D eigenvalue weighted by atomic mass is 16.7. The minimum absolute atomic E-state index is 0.220. The van der Waals surface area contributed by atoms with E-state index in [2.05, 4.69) is 0 Å². The van der Waals surface area contributed by atoms with Gasteiger partial charge in [0.25, 0.3) is 0 Å². The van der Waals surface area contributed by atoms with Gasteiger partial charge in [0, 0.05) is 20.8 Å². The van der Waals surface area contributed by atoms with Gasteiger partial charge in [-0.2, -0.15) is 0 Å². The Morgan fingerprint density at radius 1 is 1.00 bits per heavy atom. The van der Waals surface area contributed by atoms with Gasteiger partial charge in [0.05, 0.1) is 0 Å². The van der Waals surface area contributed by atoms with Gasteiger partial charge < -0.3 is 24.1 Å². The average Bonchev–Trinajstić information content (AvgIpc) is 2.53. The lowest BCUT2D eigenvalue weighted by molar-refractivity contribution is -0.174. The molecule has 4 atom stereocenters. The van der Waals surface area contributed by atoms with Gasteiger partial charge >= 0.3 is 17.9 Å². The van der Waals surface area contributed by atoms with Crippen LogP contribution in [0.2, 0.25) is 0 Å². The van der Waals surface area contributed by atoms with Gasteiger partial charge in [0.2, 0.25) is 0 Å². The van der Waals surface area contributed by atoms with Gasteiger partial charge in [-0.15, -0.1) is 0 Å². The molecule has 0 aromatic heterocycles. The number of rotatable bonds is 4. The van der Waals surface area contributed by atoms with Crippen LogP contribution in [0.4, 0.5) is 0 Å². The van der Waals surface area contributed by atoms with Gasteiger partial charge in [0.15, 0.2) is 18.5 Å². The molecule has 1 rings (SSSR count). The maximum Gasteiger partial charge on any atom is 0.303 e. The summed E-state index contributed by atoms with van der Waals surface area (Å²) in [5, 5.41) is 9.63. The Morgan fingerprint density at radius 3 is 2.00 bits per heavy atom. The highest BCUT2D eigenvalue weighted by Crippen LogP contribution is 2.26. The van der Waals surface area contributed by atoms with E-state index in [1.165, 1.54) is 13.8 Å². The van der Waals surface area contributed by atoms with Crippen molar-refractivity contribution in [3.05, 3.63) is 0 Å². The molecule has 0 aromatic carbocycles. The number of hydrogen-bond donors (Lipinski definition) is 1. The highest BCUT2D eigenvalue weighted by molar-refractivity contribution is 5.67. The Kier molecular flexibility index (Phi) is 5.25. The summed E-state index contributed by atoms with van der Waals surface area (Å²) in [6, 6.07) is 0. The van der Waals surface area contributed by atoms with Crippen LogP contribution in [0.1, 0.15) is 20.8 Å². The van der Waals surface area contributed by atoms with Crippen molar-refractivity contribution in [1.29, 1.82) is 0 Å². The summed E-state index contributed by atoms with van der Waals surface area (Å²) in [4.78, 5) is 32.7. The molecule has 0 aliphatic carbocycles. The lowest BCUT2D eigenvalue weighted by Gasteiger charge is -2.21. The Morgan fingerprint density at radius 2 is 1.53 bits per heavy atom. The summed E-state index contributed by atoms with van der Waals surface area (Å²) >= 11 is 0. The zero-order valence-corrected chi connectivity index (χ0v) is 10.8. The number of carbonyl (C=O) groups is 3. The van der Waals surface area contributed by atoms with Crippen LogP contribution in [0.25, 0.3) is 0 Å². The summed E-state index contributed by atoms with van der Waals surface area (Å²) in [5.41, 5.74) is 0. The monoisotopic (exact) mass is 276 g/mol. The van der Waals surface area contributed by atoms with Crippen molar-refractivity contribution in [2.75, 3.05) is 6.61 Å². The number of aliphatic hydroxyl groups is 1. The Hall–Kier alpha value is -1.67. The first kappa shape index (κ1) is 15.4. The normalized spacial score (nSPS) is 29.7. The first-order chi connectivity index (χ1) is 8.81. The molecule has 19 heavy (non-hydrogen) atoms. The highest BCUT2D eigenvalue weighted by Gasteiger charge is 2.48. The number of esters is 3. The van der Waals surface area contributed by atoms with Crippen molar-refractivity contribution in [3.63, 3.8) is 0 Å². The van der Waals surface area contributed by atoms with Crippen molar-refractivity contribution in [2.45, 2.75) is 45.4 Å². The quantitative estimate of drug-likeness (QED) is 0.521. The lowest BCUT2D eigenvalue weighted by atomic mass is 10.1. The first-order valence-corrected chi connectivity index (χ1v) is 5.62. The predicted octanol–water partition coefficient (Wildman–Crippen LogP) is -0.870. The van der Waals surface area contributed by atoms with Crippen LogP contribution in [0, 0.1) is 0 Å². The molecule has 1 N–H and O–H groups in total. The van der Waals surface area contributed by atoms with E-state index in [1.807, 2.05) is 0 Å². The third-order valence-electron chi connectivity index (χ3n) is 2.34. The third-order valence-corrected chi connectivity index (χ3v) is 2.34. The molecule has 0 saturated carbocycles. The van der Waals surface area contributed by atoms with Crippen LogP contribution in [0.5, 0.6) is 0 Å². The molecule has 1 aliphatic rings. The molecule has 8 nitrogen and oxygen atoms in total. The summed E-state index contributed by atoms with van der Waals surface area (Å²) < 4.78 is 19.6. The van der Waals surface area contributed by atoms with Crippen molar-refractivity contribution in [3.8, 4) is 0 Å². The first-order valence-electron chi connectivity index (χ1n) is 5.62. The van der Waals surface area contributed by atoms with Gasteiger partial charge in [-0.25, -0.2) is 0 Å². The predicted molar refractivity (Wildman–Crippen MR) is 58.6 cm³/mol. The minimum Gasteiger partial charge on any atom is -0.463 e. The number of hydrogen-bond acceptors (Lipinski definition) is 8. The molecule has 1 saturated heterocycles. The molecule has 0 spiro atoms. The summed E-state index contributed by atoms with van der Waals surface area (Å²) in [6.45, 7) is 3.30. The second kappa shape index (κ2) is 6.48. The van der Waals surface area contributed by atoms with E-state index >= 15 is 0 Å². The zero-order chi connectivity index (χ0) is 14.6. The molecule has 0 radical (unpaired) electrons. The fraction of sp³-hybridized carbons (Fsp3) is 0.727. The van der Waals surface area contributed by atoms with E-state index in [1.54, 1.807) is 0 Å². The van der Waals surface area contributed by atoms with Crippen LogP contribution in [-0.2, 0) is 33.3 Å². The van der Waals surface area contributed by atoms with E-state index in [9.17, 15) is 19.5 Å². The van der Waals surface area contributed by atoms with Gasteiger partial charge in [-0.05, 0) is 0 Å². The maximum absolute atomic E-state index is 11.0. The molecule has 1 heterocycles. The van der Waals surface area contributed by atoms with Crippen molar-refractivity contribution < 1.29 is 38.4 Å². The Balaban J connectivity index is 2.76. The standard InChI is InChI=1S/C11H16O8/c1-5(12)16-4-8-9(17-6(2)13)10(11(15)19-8)18-7(3)14/h8-11,15H,4H2,1-3H3/t8-,9+,10-,11+/m0/s1. The molecule has 0 aromatic rings. The van der Waals surface area contributed by atoms with Crippen molar-refractivity contribution >= 4 is 17.9 Å². The van der Waals surface area contributed by atoms with E-state index in [-0.39, 0.29) is 6.61 Å². The molecule has 108 valence electrons. The zero-order valence-electron chi connectivity index (χ0n) is 10.8. The van der Waals surface area contributed by atoms with E-state index in [4.69, 9.17) is 18.9 Å². The number of aliphatic hydroxyl groups excluding tert-OH is 1. The van der Waals surface area contributed by atoms with E-state index < -0.39 is 42.5 Å². The van der Waals surface area contributed by atoms with E-state index in [0.29, 0.717) is 0 Å². The van der Waals surface area contributed by atoms with Crippen LogP contribution in [-0.4, -0.2) is 54.2 Å². The fourth-order valence-corrected chi connectivity index (χ4v) is 1.69. The average molecular weight is 276 g/mol. The maximum atomic E-state index is 11.0. The van der Waals surface area contributed by atoms with Gasteiger partial charge in [-0.1, -0.05) is 0 Å². The molecule has 8 heteroatoms. The third kappa shape index (κ3) is 4.49. The van der Waals surface area contributed by atoms with Crippen LogP contribution in [0.15, 0.2) is 0 Å². The van der Waals surface area contributed by atoms with Crippen LogP contribution in [0.3, 0.4) is 0 Å². The van der Waals surface area contributed by atoms with Gasteiger partial charge in [-0.3, -0.25) is 14.4 Å². The molecule has 0 unspecified atom stereocenters. The molecule has 1 fully saturated rings. The smallest absolute Gasteiger partial charge is 0.303 e. The number of ether oxygens (including phenoxy) is 4. The van der Waals surface area contributed by atoms with Crippen LogP contribution < -0.4 is 0 Å². The number of carbonyl (C=O) groups excluding carboxylic acids is 3. The summed E-state index contributed by atoms with van der Waals surface area (Å²) in [7, 11) is 0. The largest absolute Gasteiger partial charge is 0.463 e. The second-order valence-electron chi connectivity index (χ2n) is 4.02. The van der Waals surface area contributed by atoms with Crippen LogP contribution >= 0.6 is 0 Å². The van der Waals surface area contributed by atoms with Crippen molar-refractivity contribution in [2.24, 2.45) is 0 Å². The second-order valence-corrected chi connectivity index (χ2v) is 4.02. The SMILES string of the molecule is CC(=O)OC[C@@H]1O[C@@H](O)[C@@H](OC(C)=O)[C@@H]1OC(C)=O. The summed E-state index contributed by atoms with van der Waals surface area (Å²) in [5.74, 6) is -1.83. The van der Waals surface area contributed by atoms with Gasteiger partial charge in [0.1, 0.15) is 12.7 Å². The molecule has 0 bridgehead atoms. The molecule has 1 aliphatic heterocycles.